The van der Waals surface area contributed by atoms with Gasteiger partial charge in [0.1, 0.15) is 6.61 Å². The van der Waals surface area contributed by atoms with E-state index < -0.39 is 0 Å². The molecule has 174 valence electrons. The summed E-state index contributed by atoms with van der Waals surface area (Å²) in [7, 11) is 0. The fourth-order valence-corrected chi connectivity index (χ4v) is 2.25. The second kappa shape index (κ2) is 25.3. The molecule has 0 aliphatic rings. The van der Waals surface area contributed by atoms with Crippen LogP contribution in [-0.2, 0) is 38.0 Å². The third-order valence-electron chi connectivity index (χ3n) is 3.79. The number of hydrogen-bond donors (Lipinski definition) is 0. The molecule has 0 N–H and O–H groups in total. The maximum absolute atomic E-state index is 10.5. The van der Waals surface area contributed by atoms with Gasteiger partial charge in [-0.15, -0.1) is 0 Å². The van der Waals surface area contributed by atoms with E-state index in [4.69, 9.17) is 33.2 Å². The highest BCUT2D eigenvalue weighted by Crippen LogP contribution is 2.02. The summed E-state index contributed by atoms with van der Waals surface area (Å²) in [6.45, 7) is 10.5. The summed E-state index contributed by atoms with van der Waals surface area (Å²) in [5, 5.41) is 0. The molecule has 0 atom stereocenters. The van der Waals surface area contributed by atoms with E-state index in [2.05, 4.69) is 6.92 Å². The van der Waals surface area contributed by atoms with Crippen LogP contribution in [0, 0.1) is 0 Å². The average Bonchev–Trinajstić information content (AvgIpc) is 2.71. The minimum absolute atomic E-state index is 0.274. The summed E-state index contributed by atoms with van der Waals surface area (Å²) >= 11 is 0. The highest BCUT2D eigenvalue weighted by atomic mass is 16.6. The summed E-state index contributed by atoms with van der Waals surface area (Å²) in [5.74, 6) is -0.299. The third-order valence-corrected chi connectivity index (χ3v) is 3.79. The summed E-state index contributed by atoms with van der Waals surface area (Å²) in [6.07, 6.45) is 6.29. The molecule has 0 saturated carbocycles. The number of rotatable bonds is 24. The molecule has 0 aromatic carbocycles. The van der Waals surface area contributed by atoms with Crippen LogP contribution in [0.25, 0.3) is 0 Å². The highest BCUT2D eigenvalue weighted by molar-refractivity contribution is 5.65. The molecule has 0 aromatic rings. The fraction of sp³-hybridized carbons (Fsp3) is 0.952. The number of carbonyl (C=O) groups excluding carboxylic acids is 1. The highest BCUT2D eigenvalue weighted by Gasteiger charge is 1.95. The molecule has 0 saturated heterocycles. The summed E-state index contributed by atoms with van der Waals surface area (Å²) in [5.41, 5.74) is 0. The van der Waals surface area contributed by atoms with Gasteiger partial charge in [-0.3, -0.25) is 4.79 Å². The Morgan fingerprint density at radius 3 is 1.21 bits per heavy atom. The monoisotopic (exact) mass is 422 g/mol. The number of hydrogen-bond acceptors (Lipinski definition) is 8. The van der Waals surface area contributed by atoms with Crippen molar-refractivity contribution in [2.24, 2.45) is 0 Å². The Labute approximate surface area is 176 Å². The Morgan fingerprint density at radius 2 is 0.828 bits per heavy atom. The van der Waals surface area contributed by atoms with Gasteiger partial charge in [-0.2, -0.15) is 0 Å². The molecule has 0 aliphatic heterocycles. The molecule has 0 aliphatic carbocycles. The van der Waals surface area contributed by atoms with E-state index in [0.717, 1.165) is 13.0 Å². The van der Waals surface area contributed by atoms with E-state index >= 15 is 0 Å². The molecule has 0 rings (SSSR count). The zero-order valence-corrected chi connectivity index (χ0v) is 18.5. The number of carbonyl (C=O) groups is 1. The topological polar surface area (TPSA) is 81.7 Å². The van der Waals surface area contributed by atoms with Crippen molar-refractivity contribution in [1.29, 1.82) is 0 Å². The van der Waals surface area contributed by atoms with Crippen molar-refractivity contribution in [3.8, 4) is 0 Å². The lowest BCUT2D eigenvalue weighted by molar-refractivity contribution is -0.142. The maximum atomic E-state index is 10.5. The van der Waals surface area contributed by atoms with Crippen molar-refractivity contribution in [3.05, 3.63) is 0 Å². The lowest BCUT2D eigenvalue weighted by Gasteiger charge is -2.08. The zero-order chi connectivity index (χ0) is 21.3. The Kier molecular flexibility index (Phi) is 24.6. The van der Waals surface area contributed by atoms with E-state index in [-0.39, 0.29) is 12.6 Å². The number of esters is 1. The van der Waals surface area contributed by atoms with Gasteiger partial charge in [-0.05, 0) is 6.42 Å². The van der Waals surface area contributed by atoms with Crippen LogP contribution in [-0.4, -0.2) is 91.9 Å². The first-order valence-electron chi connectivity index (χ1n) is 10.9. The molecule has 0 spiro atoms. The largest absolute Gasteiger partial charge is 0.463 e. The Morgan fingerprint density at radius 1 is 0.483 bits per heavy atom. The first kappa shape index (κ1) is 28.2. The SMILES string of the molecule is CCCCCCCOCCOCCOCCOCCOCCOCCOC(C)=O. The van der Waals surface area contributed by atoms with E-state index in [1.54, 1.807) is 0 Å². The minimum atomic E-state index is -0.299. The molecule has 0 amide bonds. The molecule has 0 bridgehead atoms. The summed E-state index contributed by atoms with van der Waals surface area (Å²) < 4.78 is 37.1. The van der Waals surface area contributed by atoms with Crippen molar-refractivity contribution in [2.75, 3.05) is 85.9 Å². The third kappa shape index (κ3) is 27.2. The van der Waals surface area contributed by atoms with Gasteiger partial charge in [0, 0.05) is 13.5 Å². The lowest BCUT2D eigenvalue weighted by atomic mass is 10.2. The van der Waals surface area contributed by atoms with Crippen LogP contribution in [0.3, 0.4) is 0 Å². The molecule has 0 radical (unpaired) electrons. The van der Waals surface area contributed by atoms with Gasteiger partial charge < -0.3 is 33.2 Å². The van der Waals surface area contributed by atoms with Crippen LogP contribution < -0.4 is 0 Å². The smallest absolute Gasteiger partial charge is 0.302 e. The van der Waals surface area contributed by atoms with Crippen LogP contribution in [0.5, 0.6) is 0 Å². The second-order valence-electron chi connectivity index (χ2n) is 6.43. The van der Waals surface area contributed by atoms with E-state index in [0.29, 0.717) is 72.7 Å². The Bertz CT molecular complexity index is 328. The Balaban J connectivity index is 2.99. The van der Waals surface area contributed by atoms with Crippen molar-refractivity contribution >= 4 is 5.97 Å². The molecule has 0 unspecified atom stereocenters. The normalized spacial score (nSPS) is 11.1. The van der Waals surface area contributed by atoms with Gasteiger partial charge in [0.15, 0.2) is 0 Å². The van der Waals surface area contributed by atoms with E-state index in [1.165, 1.54) is 32.6 Å². The van der Waals surface area contributed by atoms with Gasteiger partial charge in [-0.25, -0.2) is 0 Å². The molecule has 8 nitrogen and oxygen atoms in total. The maximum Gasteiger partial charge on any atom is 0.302 e. The first-order valence-corrected chi connectivity index (χ1v) is 10.9. The van der Waals surface area contributed by atoms with E-state index in [9.17, 15) is 4.79 Å². The van der Waals surface area contributed by atoms with Crippen LogP contribution in [0.1, 0.15) is 46.0 Å². The summed E-state index contributed by atoms with van der Waals surface area (Å²) in [6, 6.07) is 0. The van der Waals surface area contributed by atoms with Gasteiger partial charge in [0.2, 0.25) is 0 Å². The average molecular weight is 423 g/mol. The van der Waals surface area contributed by atoms with Crippen LogP contribution in [0.2, 0.25) is 0 Å². The molecule has 0 aromatic heterocycles. The summed E-state index contributed by atoms with van der Waals surface area (Å²) in [4.78, 5) is 10.5. The van der Waals surface area contributed by atoms with Crippen LogP contribution >= 0.6 is 0 Å². The second-order valence-corrected chi connectivity index (χ2v) is 6.43. The fourth-order valence-electron chi connectivity index (χ4n) is 2.25. The number of unbranched alkanes of at least 4 members (excludes halogenated alkanes) is 4. The molecule has 8 heteroatoms. The van der Waals surface area contributed by atoms with Gasteiger partial charge in [0.25, 0.3) is 0 Å². The van der Waals surface area contributed by atoms with Crippen molar-refractivity contribution in [1.82, 2.24) is 0 Å². The van der Waals surface area contributed by atoms with Gasteiger partial charge >= 0.3 is 5.97 Å². The minimum Gasteiger partial charge on any atom is -0.463 e. The standard InChI is InChI=1S/C21H42O8/c1-3-4-5-6-7-8-23-9-10-24-11-12-25-13-14-26-15-16-27-17-18-28-19-20-29-21(2)22/h3-20H2,1-2H3. The Hall–Kier alpha value is -0.770. The van der Waals surface area contributed by atoms with Crippen LogP contribution in [0.15, 0.2) is 0 Å². The van der Waals surface area contributed by atoms with Gasteiger partial charge in [-0.1, -0.05) is 32.6 Å². The van der Waals surface area contributed by atoms with Gasteiger partial charge in [0.05, 0.1) is 72.7 Å². The van der Waals surface area contributed by atoms with Crippen molar-refractivity contribution in [2.45, 2.75) is 46.0 Å². The predicted molar refractivity (Wildman–Crippen MR) is 110 cm³/mol. The van der Waals surface area contributed by atoms with Crippen LogP contribution in [0.4, 0.5) is 0 Å². The van der Waals surface area contributed by atoms with Crippen molar-refractivity contribution < 1.29 is 38.0 Å². The quantitative estimate of drug-likeness (QED) is 0.173. The molecule has 29 heavy (non-hydrogen) atoms. The predicted octanol–water partition coefficient (Wildman–Crippen LogP) is 2.62. The number of ether oxygens (including phenoxy) is 7. The molecule has 0 fully saturated rings. The zero-order valence-electron chi connectivity index (χ0n) is 18.5. The molecular weight excluding hydrogens is 380 g/mol. The lowest BCUT2D eigenvalue weighted by Crippen LogP contribution is -2.14. The first-order chi connectivity index (χ1) is 14.3. The molecular formula is C21H42O8. The van der Waals surface area contributed by atoms with E-state index in [1.807, 2.05) is 0 Å². The molecule has 0 heterocycles. The van der Waals surface area contributed by atoms with Crippen molar-refractivity contribution in [3.63, 3.8) is 0 Å².